The monoisotopic (exact) mass is 406 g/mol. The van der Waals surface area contributed by atoms with E-state index < -0.39 is 14.9 Å². The molecule has 0 aliphatic heterocycles. The number of carbonyl (C=O) groups excluding carboxylic acids is 1. The number of sulfonamides is 1. The van der Waals surface area contributed by atoms with Gasteiger partial charge in [0.2, 0.25) is 0 Å². The standard InChI is InChI=1S/C18H22N4O5S/c1-4-21(5-2)18(23)19-14-9-11-15(12-10-14)28(26,27)20-16-7-6-8-17(13(16)3)22(24)25/h6-12,20H,4-5H2,1-3H3,(H,19,23). The van der Waals surface area contributed by atoms with Crippen molar-refractivity contribution < 1.29 is 18.1 Å². The Bertz CT molecular complexity index is 970. The van der Waals surface area contributed by atoms with E-state index in [4.69, 9.17) is 0 Å². The average molecular weight is 406 g/mol. The molecule has 0 saturated heterocycles. The molecule has 0 unspecified atom stereocenters. The number of nitro benzene ring substituents is 1. The predicted molar refractivity (Wildman–Crippen MR) is 107 cm³/mol. The van der Waals surface area contributed by atoms with E-state index in [0.29, 0.717) is 18.8 Å². The molecule has 2 amide bonds. The van der Waals surface area contributed by atoms with E-state index >= 15 is 0 Å². The highest BCUT2D eigenvalue weighted by Crippen LogP contribution is 2.27. The maximum Gasteiger partial charge on any atom is 0.321 e. The summed E-state index contributed by atoms with van der Waals surface area (Å²) < 4.78 is 27.6. The highest BCUT2D eigenvalue weighted by atomic mass is 32.2. The molecular weight excluding hydrogens is 384 g/mol. The summed E-state index contributed by atoms with van der Waals surface area (Å²) in [5, 5.41) is 13.7. The van der Waals surface area contributed by atoms with Crippen molar-refractivity contribution in [3.05, 3.63) is 58.1 Å². The maximum absolute atomic E-state index is 12.6. The van der Waals surface area contributed by atoms with Crippen molar-refractivity contribution in [2.24, 2.45) is 0 Å². The van der Waals surface area contributed by atoms with Gasteiger partial charge in [-0.1, -0.05) is 6.07 Å². The second-order valence-electron chi connectivity index (χ2n) is 5.94. The lowest BCUT2D eigenvalue weighted by Gasteiger charge is -2.19. The van der Waals surface area contributed by atoms with E-state index in [1.165, 1.54) is 49.4 Å². The molecular formula is C18H22N4O5S. The summed E-state index contributed by atoms with van der Waals surface area (Å²) in [5.74, 6) is 0. The average Bonchev–Trinajstić information content (AvgIpc) is 2.64. The van der Waals surface area contributed by atoms with Crippen molar-refractivity contribution in [3.63, 3.8) is 0 Å². The highest BCUT2D eigenvalue weighted by molar-refractivity contribution is 7.92. The van der Waals surface area contributed by atoms with Crippen molar-refractivity contribution in [1.82, 2.24) is 4.90 Å². The van der Waals surface area contributed by atoms with Crippen LogP contribution < -0.4 is 10.0 Å². The molecule has 0 aromatic heterocycles. The van der Waals surface area contributed by atoms with Crippen molar-refractivity contribution in [2.75, 3.05) is 23.1 Å². The molecule has 2 rings (SSSR count). The van der Waals surface area contributed by atoms with Gasteiger partial charge in [0.15, 0.2) is 0 Å². The molecule has 0 aliphatic carbocycles. The number of hydrogen-bond acceptors (Lipinski definition) is 5. The Morgan fingerprint density at radius 3 is 2.25 bits per heavy atom. The zero-order valence-electron chi connectivity index (χ0n) is 15.8. The minimum absolute atomic E-state index is 0.0285. The SMILES string of the molecule is CCN(CC)C(=O)Nc1ccc(S(=O)(=O)Nc2cccc([N+](=O)[O-])c2C)cc1. The summed E-state index contributed by atoms with van der Waals surface area (Å²) >= 11 is 0. The molecule has 0 bridgehead atoms. The van der Waals surface area contributed by atoms with Crippen molar-refractivity contribution in [3.8, 4) is 0 Å². The Labute approximate surface area is 163 Å². The van der Waals surface area contributed by atoms with Gasteiger partial charge in [-0.2, -0.15) is 0 Å². The number of urea groups is 1. The molecule has 2 aromatic carbocycles. The van der Waals surface area contributed by atoms with Crippen molar-refractivity contribution in [1.29, 1.82) is 0 Å². The summed E-state index contributed by atoms with van der Waals surface area (Å²) in [6, 6.07) is 9.58. The van der Waals surface area contributed by atoms with Crippen LogP contribution in [0.15, 0.2) is 47.4 Å². The number of rotatable bonds is 7. The van der Waals surface area contributed by atoms with Gasteiger partial charge in [0.05, 0.1) is 21.1 Å². The molecule has 0 aliphatic rings. The number of nitrogens with one attached hydrogen (secondary N) is 2. The zero-order chi connectivity index (χ0) is 20.9. The quantitative estimate of drug-likeness (QED) is 0.538. The van der Waals surface area contributed by atoms with E-state index in [9.17, 15) is 23.3 Å². The van der Waals surface area contributed by atoms with Crippen LogP contribution in [0.4, 0.5) is 21.9 Å². The zero-order valence-corrected chi connectivity index (χ0v) is 16.6. The molecule has 9 nitrogen and oxygen atoms in total. The van der Waals surface area contributed by atoms with Crippen LogP contribution in [-0.4, -0.2) is 37.4 Å². The normalized spacial score (nSPS) is 11.0. The molecule has 0 heterocycles. The third-order valence-corrected chi connectivity index (χ3v) is 5.59. The van der Waals surface area contributed by atoms with E-state index in [1.807, 2.05) is 13.8 Å². The Morgan fingerprint density at radius 1 is 1.11 bits per heavy atom. The fourth-order valence-electron chi connectivity index (χ4n) is 2.57. The highest BCUT2D eigenvalue weighted by Gasteiger charge is 2.19. The second kappa shape index (κ2) is 8.70. The van der Waals surface area contributed by atoms with Crippen LogP contribution in [0.3, 0.4) is 0 Å². The number of carbonyl (C=O) groups is 1. The Kier molecular flexibility index (Phi) is 6.57. The largest absolute Gasteiger partial charge is 0.325 e. The maximum atomic E-state index is 12.6. The minimum Gasteiger partial charge on any atom is -0.325 e. The van der Waals surface area contributed by atoms with Crippen LogP contribution in [0.1, 0.15) is 19.4 Å². The fraction of sp³-hybridized carbons (Fsp3) is 0.278. The summed E-state index contributed by atoms with van der Waals surface area (Å²) in [5.41, 5.74) is 0.643. The van der Waals surface area contributed by atoms with E-state index in [-0.39, 0.29) is 27.9 Å². The molecule has 2 aromatic rings. The van der Waals surface area contributed by atoms with Gasteiger partial charge < -0.3 is 10.2 Å². The van der Waals surface area contributed by atoms with Crippen molar-refractivity contribution >= 4 is 33.1 Å². The molecule has 28 heavy (non-hydrogen) atoms. The number of hydrogen-bond donors (Lipinski definition) is 2. The lowest BCUT2D eigenvalue weighted by Crippen LogP contribution is -2.34. The smallest absolute Gasteiger partial charge is 0.321 e. The molecule has 0 atom stereocenters. The molecule has 0 saturated carbocycles. The third kappa shape index (κ3) is 4.77. The van der Waals surface area contributed by atoms with Crippen LogP contribution in [0.2, 0.25) is 0 Å². The summed E-state index contributed by atoms with van der Waals surface area (Å²) in [6.07, 6.45) is 0. The summed E-state index contributed by atoms with van der Waals surface area (Å²) in [6.45, 7) is 6.31. The first-order chi connectivity index (χ1) is 13.2. The Balaban J connectivity index is 2.20. The van der Waals surface area contributed by atoms with E-state index in [2.05, 4.69) is 10.0 Å². The Morgan fingerprint density at radius 2 is 1.71 bits per heavy atom. The van der Waals surface area contributed by atoms with Crippen molar-refractivity contribution in [2.45, 2.75) is 25.7 Å². The first kappa shape index (κ1) is 21.2. The Hall–Kier alpha value is -3.14. The van der Waals surface area contributed by atoms with E-state index in [1.54, 1.807) is 4.90 Å². The van der Waals surface area contributed by atoms with Gasteiger partial charge in [0.25, 0.3) is 15.7 Å². The number of nitrogens with zero attached hydrogens (tertiary/aromatic N) is 2. The van der Waals surface area contributed by atoms with Gasteiger partial charge in [0.1, 0.15) is 0 Å². The van der Waals surface area contributed by atoms with Gasteiger partial charge in [0, 0.05) is 24.8 Å². The van der Waals surface area contributed by atoms with Gasteiger partial charge >= 0.3 is 6.03 Å². The minimum atomic E-state index is -3.94. The van der Waals surface area contributed by atoms with Crippen LogP contribution in [-0.2, 0) is 10.0 Å². The first-order valence-electron chi connectivity index (χ1n) is 8.62. The first-order valence-corrected chi connectivity index (χ1v) is 10.1. The van der Waals surface area contributed by atoms with Crippen LogP contribution in [0, 0.1) is 17.0 Å². The molecule has 2 N–H and O–H groups in total. The summed E-state index contributed by atoms with van der Waals surface area (Å²) in [7, 11) is -3.94. The number of anilines is 2. The van der Waals surface area contributed by atoms with Crippen LogP contribution in [0.25, 0.3) is 0 Å². The number of benzene rings is 2. The van der Waals surface area contributed by atoms with Gasteiger partial charge in [-0.05, 0) is 51.1 Å². The topological polar surface area (TPSA) is 122 Å². The number of amides is 2. The molecule has 0 spiro atoms. The van der Waals surface area contributed by atoms with Crippen LogP contribution in [0.5, 0.6) is 0 Å². The number of nitro groups is 1. The third-order valence-electron chi connectivity index (χ3n) is 4.21. The molecule has 150 valence electrons. The van der Waals surface area contributed by atoms with Gasteiger partial charge in [-0.3, -0.25) is 14.8 Å². The lowest BCUT2D eigenvalue weighted by atomic mass is 10.2. The van der Waals surface area contributed by atoms with Crippen LogP contribution >= 0.6 is 0 Å². The molecule has 0 fully saturated rings. The van der Waals surface area contributed by atoms with E-state index in [0.717, 1.165) is 0 Å². The summed E-state index contributed by atoms with van der Waals surface area (Å²) in [4.78, 5) is 24.1. The predicted octanol–water partition coefficient (Wildman–Crippen LogP) is 3.58. The van der Waals surface area contributed by atoms with Gasteiger partial charge in [-0.15, -0.1) is 0 Å². The lowest BCUT2D eigenvalue weighted by molar-refractivity contribution is -0.385. The fourth-order valence-corrected chi connectivity index (χ4v) is 3.69. The second-order valence-corrected chi connectivity index (χ2v) is 7.62. The van der Waals surface area contributed by atoms with Gasteiger partial charge in [-0.25, -0.2) is 13.2 Å². The molecule has 10 heteroatoms. The molecule has 0 radical (unpaired) electrons.